The van der Waals surface area contributed by atoms with Gasteiger partial charge in [-0.05, 0) is 44.7 Å². The first kappa shape index (κ1) is 14.6. The Labute approximate surface area is 142 Å². The first-order valence-electron chi connectivity index (χ1n) is 9.46. The van der Waals surface area contributed by atoms with E-state index < -0.39 is 0 Å². The van der Waals surface area contributed by atoms with Crippen LogP contribution >= 0.6 is 0 Å². The maximum atomic E-state index is 4.98. The monoisotopic (exact) mass is 326 g/mol. The smallest absolute Gasteiger partial charge is 0.163 e. The van der Waals surface area contributed by atoms with E-state index in [1.54, 1.807) is 0 Å². The van der Waals surface area contributed by atoms with Gasteiger partial charge in [0.2, 0.25) is 0 Å². The normalized spacial score (nSPS) is 30.3. The van der Waals surface area contributed by atoms with Crippen molar-refractivity contribution in [3.8, 4) is 0 Å². The van der Waals surface area contributed by atoms with Crippen LogP contribution in [0.25, 0.3) is 11.0 Å². The zero-order chi connectivity index (χ0) is 16.1. The van der Waals surface area contributed by atoms with Crippen LogP contribution in [-0.2, 0) is 7.05 Å². The molecule has 6 nitrogen and oxygen atoms in total. The summed E-state index contributed by atoms with van der Waals surface area (Å²) < 4.78 is 1.89. The third-order valence-electron chi connectivity index (χ3n) is 6.31. The van der Waals surface area contributed by atoms with Crippen LogP contribution in [-0.4, -0.2) is 50.3 Å². The minimum absolute atomic E-state index is 0.516. The zero-order valence-corrected chi connectivity index (χ0v) is 14.4. The van der Waals surface area contributed by atoms with Gasteiger partial charge in [0.15, 0.2) is 5.65 Å². The second kappa shape index (κ2) is 5.69. The molecule has 6 heteroatoms. The van der Waals surface area contributed by atoms with Gasteiger partial charge in [0, 0.05) is 25.6 Å². The minimum Gasteiger partial charge on any atom is -0.365 e. The molecule has 4 fully saturated rings. The molecule has 5 heterocycles. The van der Waals surface area contributed by atoms with Gasteiger partial charge in [-0.15, -0.1) is 0 Å². The van der Waals surface area contributed by atoms with Crippen molar-refractivity contribution < 1.29 is 0 Å². The molecule has 0 spiro atoms. The van der Waals surface area contributed by atoms with E-state index in [9.17, 15) is 0 Å². The van der Waals surface area contributed by atoms with Gasteiger partial charge in [-0.25, -0.2) is 9.97 Å². The summed E-state index contributed by atoms with van der Waals surface area (Å²) in [6.07, 6.45) is 9.60. The fraction of sp³-hybridized carbons (Fsp3) is 0.722. The number of piperidine rings is 3. The number of aryl methyl sites for hydroxylation is 1. The van der Waals surface area contributed by atoms with Crippen LogP contribution in [0.15, 0.2) is 6.20 Å². The molecule has 3 saturated heterocycles. The molecule has 1 unspecified atom stereocenters. The highest BCUT2D eigenvalue weighted by atomic mass is 15.3. The van der Waals surface area contributed by atoms with Crippen molar-refractivity contribution in [1.82, 2.24) is 24.6 Å². The van der Waals surface area contributed by atoms with Gasteiger partial charge >= 0.3 is 0 Å². The summed E-state index contributed by atoms with van der Waals surface area (Å²) in [4.78, 5) is 12.4. The van der Waals surface area contributed by atoms with Crippen LogP contribution in [0.1, 0.15) is 50.3 Å². The highest BCUT2D eigenvalue weighted by Crippen LogP contribution is 2.35. The Hall–Kier alpha value is -1.69. The molecule has 1 aliphatic carbocycles. The molecule has 0 amide bonds. The molecule has 3 aliphatic heterocycles. The second-order valence-electron chi connectivity index (χ2n) is 7.81. The lowest BCUT2D eigenvalue weighted by Crippen LogP contribution is -2.53. The average Bonchev–Trinajstić information content (AvgIpc) is 3.27. The van der Waals surface area contributed by atoms with Gasteiger partial charge in [0.25, 0.3) is 0 Å². The van der Waals surface area contributed by atoms with Crippen LogP contribution in [0.2, 0.25) is 0 Å². The molecule has 4 aliphatic rings. The first-order chi connectivity index (χ1) is 11.8. The number of nitrogens with zero attached hydrogens (tertiary/aromatic N) is 5. The fourth-order valence-corrected chi connectivity index (χ4v) is 4.82. The Morgan fingerprint density at radius 2 is 1.88 bits per heavy atom. The lowest BCUT2D eigenvalue weighted by Gasteiger charge is -2.45. The van der Waals surface area contributed by atoms with Crippen molar-refractivity contribution in [3.63, 3.8) is 0 Å². The van der Waals surface area contributed by atoms with Crippen molar-refractivity contribution in [1.29, 1.82) is 0 Å². The topological polar surface area (TPSA) is 58.9 Å². The van der Waals surface area contributed by atoms with Crippen molar-refractivity contribution in [2.24, 2.45) is 13.0 Å². The number of anilines is 1. The molecule has 6 rings (SSSR count). The third-order valence-corrected chi connectivity index (χ3v) is 6.31. The maximum absolute atomic E-state index is 4.98. The molecule has 1 saturated carbocycles. The summed E-state index contributed by atoms with van der Waals surface area (Å²) in [5.41, 5.74) is 0.968. The summed E-state index contributed by atoms with van der Waals surface area (Å²) >= 11 is 0. The van der Waals surface area contributed by atoms with E-state index in [2.05, 4.69) is 15.3 Å². The fourth-order valence-electron chi connectivity index (χ4n) is 4.82. The van der Waals surface area contributed by atoms with Crippen LogP contribution in [0.4, 0.5) is 5.82 Å². The van der Waals surface area contributed by atoms with Crippen molar-refractivity contribution >= 4 is 16.9 Å². The van der Waals surface area contributed by atoms with Gasteiger partial charge < -0.3 is 10.2 Å². The molecule has 2 bridgehead atoms. The minimum atomic E-state index is 0.516. The van der Waals surface area contributed by atoms with Gasteiger partial charge in [-0.1, -0.05) is 12.8 Å². The lowest BCUT2D eigenvalue weighted by atomic mass is 9.84. The number of nitrogens with one attached hydrogen (secondary N) is 1. The third kappa shape index (κ3) is 2.39. The lowest BCUT2D eigenvalue weighted by molar-refractivity contribution is 0.0974. The summed E-state index contributed by atoms with van der Waals surface area (Å²) in [5.74, 6) is 3.34. The maximum Gasteiger partial charge on any atom is 0.163 e. The van der Waals surface area contributed by atoms with Crippen LogP contribution in [0.5, 0.6) is 0 Å². The molecular formula is C18H26N6. The largest absolute Gasteiger partial charge is 0.365 e. The SMILES string of the molecule is Cn1ncc2c(NC3CN4CCC3CC4)nc(C3CCCC3)nc21. The molecule has 0 aromatic carbocycles. The first-order valence-corrected chi connectivity index (χ1v) is 9.46. The summed E-state index contributed by atoms with van der Waals surface area (Å²) in [6.45, 7) is 3.68. The molecule has 0 radical (unpaired) electrons. The average molecular weight is 326 g/mol. The number of aromatic nitrogens is 4. The molecule has 24 heavy (non-hydrogen) atoms. The Kier molecular flexibility index (Phi) is 3.47. The number of rotatable bonds is 3. The van der Waals surface area contributed by atoms with Crippen molar-refractivity contribution in [2.45, 2.75) is 50.5 Å². The number of hydrogen-bond donors (Lipinski definition) is 1. The molecular weight excluding hydrogens is 300 g/mol. The second-order valence-corrected chi connectivity index (χ2v) is 7.81. The van der Waals surface area contributed by atoms with E-state index in [1.807, 2.05) is 17.9 Å². The predicted molar refractivity (Wildman–Crippen MR) is 94.1 cm³/mol. The Bertz CT molecular complexity index is 739. The zero-order valence-electron chi connectivity index (χ0n) is 14.4. The summed E-state index contributed by atoms with van der Waals surface area (Å²) in [5, 5.41) is 9.28. The van der Waals surface area contributed by atoms with E-state index in [4.69, 9.17) is 9.97 Å². The molecule has 2 aromatic heterocycles. The number of fused-ring (bicyclic) bond motifs is 4. The Balaban J connectivity index is 1.51. The van der Waals surface area contributed by atoms with E-state index in [0.29, 0.717) is 12.0 Å². The van der Waals surface area contributed by atoms with Crippen LogP contribution < -0.4 is 5.32 Å². The summed E-state index contributed by atoms with van der Waals surface area (Å²) in [6, 6.07) is 0.516. The Morgan fingerprint density at radius 3 is 2.58 bits per heavy atom. The van der Waals surface area contributed by atoms with Crippen LogP contribution in [0.3, 0.4) is 0 Å². The van der Waals surface area contributed by atoms with E-state index in [0.717, 1.165) is 35.1 Å². The Morgan fingerprint density at radius 1 is 1.08 bits per heavy atom. The quantitative estimate of drug-likeness (QED) is 0.939. The number of hydrogen-bond acceptors (Lipinski definition) is 5. The van der Waals surface area contributed by atoms with Crippen molar-refractivity contribution in [3.05, 3.63) is 12.0 Å². The van der Waals surface area contributed by atoms with E-state index >= 15 is 0 Å². The van der Waals surface area contributed by atoms with Gasteiger partial charge in [0.1, 0.15) is 11.6 Å². The van der Waals surface area contributed by atoms with Crippen molar-refractivity contribution in [2.75, 3.05) is 25.0 Å². The van der Waals surface area contributed by atoms with Crippen LogP contribution in [0, 0.1) is 5.92 Å². The molecule has 1 atom stereocenters. The molecule has 1 N–H and O–H groups in total. The van der Waals surface area contributed by atoms with E-state index in [-0.39, 0.29) is 0 Å². The van der Waals surface area contributed by atoms with Gasteiger partial charge in [0.05, 0.1) is 11.6 Å². The highest BCUT2D eigenvalue weighted by molar-refractivity contribution is 5.86. The van der Waals surface area contributed by atoms with Gasteiger partial charge in [-0.2, -0.15) is 5.10 Å². The standard InChI is InChI=1S/C18H26N6/c1-23-18-14(10-19-23)17(21-16(22-18)13-4-2-3-5-13)20-15-11-24-8-6-12(15)7-9-24/h10,12-13,15H,2-9,11H2,1H3,(H,20,21,22). The highest BCUT2D eigenvalue weighted by Gasteiger charge is 2.34. The molecule has 128 valence electrons. The van der Waals surface area contributed by atoms with E-state index in [1.165, 1.54) is 51.6 Å². The molecule has 2 aromatic rings. The summed E-state index contributed by atoms with van der Waals surface area (Å²) in [7, 11) is 1.98. The predicted octanol–water partition coefficient (Wildman–Crippen LogP) is 2.53. The van der Waals surface area contributed by atoms with Gasteiger partial charge in [-0.3, -0.25) is 4.68 Å².